The standard InChI is InChI=1S/C19H17Cl2NO3S/c20-16-9-8-15(18(21)12-16)13-26(23,24)22-10-11-25-19-7-3-5-14-4-1-2-6-17(14)19/h1-9,12,22H,10-11,13H2. The molecule has 4 nitrogen and oxygen atoms in total. The fraction of sp³-hybridized carbons (Fsp3) is 0.158. The Labute approximate surface area is 162 Å². The van der Waals surface area contributed by atoms with Gasteiger partial charge in [0.2, 0.25) is 10.0 Å². The van der Waals surface area contributed by atoms with Crippen LogP contribution in [0.15, 0.2) is 60.7 Å². The molecular formula is C19H17Cl2NO3S. The Morgan fingerprint density at radius 3 is 2.54 bits per heavy atom. The van der Waals surface area contributed by atoms with Crippen molar-refractivity contribution in [2.24, 2.45) is 0 Å². The SMILES string of the molecule is O=S(=O)(Cc1ccc(Cl)cc1Cl)NCCOc1cccc2ccccc12. The Balaban J connectivity index is 1.57. The second kappa shape index (κ2) is 8.27. The van der Waals surface area contributed by atoms with Crippen molar-refractivity contribution in [3.05, 3.63) is 76.3 Å². The first-order chi connectivity index (χ1) is 12.4. The summed E-state index contributed by atoms with van der Waals surface area (Å²) in [6, 6.07) is 18.4. The van der Waals surface area contributed by atoms with E-state index in [1.54, 1.807) is 12.1 Å². The van der Waals surface area contributed by atoms with Crippen molar-refractivity contribution in [2.75, 3.05) is 13.2 Å². The number of hydrogen-bond donors (Lipinski definition) is 1. The van der Waals surface area contributed by atoms with Crippen LogP contribution in [0.2, 0.25) is 10.0 Å². The Bertz CT molecular complexity index is 1020. The van der Waals surface area contributed by atoms with Crippen molar-refractivity contribution >= 4 is 44.0 Å². The minimum Gasteiger partial charge on any atom is -0.492 e. The third kappa shape index (κ3) is 4.89. The number of sulfonamides is 1. The summed E-state index contributed by atoms with van der Waals surface area (Å²) in [5.41, 5.74) is 0.499. The van der Waals surface area contributed by atoms with E-state index in [1.807, 2.05) is 42.5 Å². The van der Waals surface area contributed by atoms with Crippen LogP contribution in [0.4, 0.5) is 0 Å². The quantitative estimate of drug-likeness (QED) is 0.577. The Kier molecular flexibility index (Phi) is 6.04. The Morgan fingerprint density at radius 1 is 0.962 bits per heavy atom. The average Bonchev–Trinajstić information content (AvgIpc) is 2.61. The molecule has 7 heteroatoms. The minimum atomic E-state index is -3.52. The van der Waals surface area contributed by atoms with E-state index < -0.39 is 10.0 Å². The molecule has 0 aromatic heterocycles. The highest BCUT2D eigenvalue weighted by Crippen LogP contribution is 2.25. The molecule has 0 fully saturated rings. The predicted octanol–water partition coefficient (Wildman–Crippen LogP) is 4.65. The van der Waals surface area contributed by atoms with E-state index in [-0.39, 0.29) is 18.9 Å². The lowest BCUT2D eigenvalue weighted by Gasteiger charge is -2.11. The van der Waals surface area contributed by atoms with Crippen LogP contribution >= 0.6 is 23.2 Å². The highest BCUT2D eigenvalue weighted by molar-refractivity contribution is 7.88. The summed E-state index contributed by atoms with van der Waals surface area (Å²) in [6.07, 6.45) is 0. The number of benzene rings is 3. The van der Waals surface area contributed by atoms with Gasteiger partial charge in [0.25, 0.3) is 0 Å². The molecular weight excluding hydrogens is 393 g/mol. The van der Waals surface area contributed by atoms with E-state index >= 15 is 0 Å². The van der Waals surface area contributed by atoms with E-state index in [1.165, 1.54) is 6.07 Å². The van der Waals surface area contributed by atoms with Crippen molar-refractivity contribution in [1.29, 1.82) is 0 Å². The maximum atomic E-state index is 12.2. The van der Waals surface area contributed by atoms with Gasteiger partial charge in [0.15, 0.2) is 0 Å². The number of fused-ring (bicyclic) bond motifs is 1. The Morgan fingerprint density at radius 2 is 1.73 bits per heavy atom. The number of hydrogen-bond acceptors (Lipinski definition) is 3. The number of rotatable bonds is 7. The van der Waals surface area contributed by atoms with Crippen LogP contribution in [0, 0.1) is 0 Å². The predicted molar refractivity (Wildman–Crippen MR) is 107 cm³/mol. The monoisotopic (exact) mass is 409 g/mol. The first kappa shape index (κ1) is 19.0. The molecule has 0 saturated carbocycles. The summed E-state index contributed by atoms with van der Waals surface area (Å²) < 4.78 is 32.7. The molecule has 26 heavy (non-hydrogen) atoms. The van der Waals surface area contributed by atoms with E-state index in [9.17, 15) is 8.42 Å². The number of nitrogens with one attached hydrogen (secondary N) is 1. The summed E-state index contributed by atoms with van der Waals surface area (Å²) >= 11 is 11.9. The lowest BCUT2D eigenvalue weighted by molar-refractivity contribution is 0.326. The van der Waals surface area contributed by atoms with Crippen molar-refractivity contribution in [3.63, 3.8) is 0 Å². The number of ether oxygens (including phenoxy) is 1. The van der Waals surface area contributed by atoms with Gasteiger partial charge in [-0.2, -0.15) is 0 Å². The molecule has 0 unspecified atom stereocenters. The van der Waals surface area contributed by atoms with Gasteiger partial charge in [-0.1, -0.05) is 65.7 Å². The zero-order valence-electron chi connectivity index (χ0n) is 13.8. The second-order valence-corrected chi connectivity index (χ2v) is 8.37. The van der Waals surface area contributed by atoms with Gasteiger partial charge in [0.05, 0.1) is 5.75 Å². The summed E-state index contributed by atoms with van der Waals surface area (Å²) in [4.78, 5) is 0. The van der Waals surface area contributed by atoms with E-state index in [0.29, 0.717) is 15.6 Å². The molecule has 0 aliphatic rings. The molecule has 0 radical (unpaired) electrons. The molecule has 0 aliphatic heterocycles. The van der Waals surface area contributed by atoms with Crippen LogP contribution in [0.3, 0.4) is 0 Å². The highest BCUT2D eigenvalue weighted by atomic mass is 35.5. The van der Waals surface area contributed by atoms with E-state index in [0.717, 1.165) is 16.5 Å². The van der Waals surface area contributed by atoms with E-state index in [4.69, 9.17) is 27.9 Å². The van der Waals surface area contributed by atoms with Crippen LogP contribution < -0.4 is 9.46 Å². The third-order valence-corrected chi connectivity index (χ3v) is 5.71. The molecule has 0 aliphatic carbocycles. The van der Waals surface area contributed by atoms with Crippen LogP contribution in [0.25, 0.3) is 10.8 Å². The smallest absolute Gasteiger partial charge is 0.215 e. The van der Waals surface area contributed by atoms with Gasteiger partial charge in [0, 0.05) is 22.0 Å². The normalized spacial score (nSPS) is 11.6. The van der Waals surface area contributed by atoms with Gasteiger partial charge in [-0.25, -0.2) is 13.1 Å². The minimum absolute atomic E-state index is 0.163. The maximum Gasteiger partial charge on any atom is 0.215 e. The van der Waals surface area contributed by atoms with Crippen molar-refractivity contribution in [1.82, 2.24) is 4.72 Å². The molecule has 1 N–H and O–H groups in total. The van der Waals surface area contributed by atoms with Crippen LogP contribution in [-0.2, 0) is 15.8 Å². The van der Waals surface area contributed by atoms with Crippen molar-refractivity contribution in [2.45, 2.75) is 5.75 Å². The topological polar surface area (TPSA) is 55.4 Å². The molecule has 136 valence electrons. The van der Waals surface area contributed by atoms with Crippen LogP contribution in [0.1, 0.15) is 5.56 Å². The van der Waals surface area contributed by atoms with Gasteiger partial charge in [-0.3, -0.25) is 0 Å². The zero-order chi connectivity index (χ0) is 18.6. The lowest BCUT2D eigenvalue weighted by atomic mass is 10.1. The largest absolute Gasteiger partial charge is 0.492 e. The maximum absolute atomic E-state index is 12.2. The second-order valence-electron chi connectivity index (χ2n) is 5.71. The van der Waals surface area contributed by atoms with E-state index in [2.05, 4.69) is 4.72 Å². The van der Waals surface area contributed by atoms with Gasteiger partial charge < -0.3 is 4.74 Å². The average molecular weight is 410 g/mol. The molecule has 0 bridgehead atoms. The third-order valence-electron chi connectivity index (χ3n) is 3.79. The molecule has 0 heterocycles. The summed E-state index contributed by atoms with van der Waals surface area (Å²) in [6.45, 7) is 0.387. The van der Waals surface area contributed by atoms with Gasteiger partial charge in [-0.05, 0) is 29.1 Å². The van der Waals surface area contributed by atoms with Gasteiger partial charge in [0.1, 0.15) is 12.4 Å². The molecule has 0 saturated heterocycles. The lowest BCUT2D eigenvalue weighted by Crippen LogP contribution is -2.29. The fourth-order valence-electron chi connectivity index (χ4n) is 2.57. The molecule has 3 aromatic rings. The summed E-state index contributed by atoms with van der Waals surface area (Å²) in [5.74, 6) is 0.514. The molecule has 0 spiro atoms. The van der Waals surface area contributed by atoms with Gasteiger partial charge >= 0.3 is 0 Å². The molecule has 3 aromatic carbocycles. The fourth-order valence-corrected chi connectivity index (χ4v) is 4.29. The highest BCUT2D eigenvalue weighted by Gasteiger charge is 2.14. The van der Waals surface area contributed by atoms with Crippen LogP contribution in [-0.4, -0.2) is 21.6 Å². The first-order valence-corrected chi connectivity index (χ1v) is 10.4. The molecule has 0 atom stereocenters. The van der Waals surface area contributed by atoms with Crippen molar-refractivity contribution < 1.29 is 13.2 Å². The summed E-state index contributed by atoms with van der Waals surface area (Å²) in [5, 5.41) is 2.86. The molecule has 3 rings (SSSR count). The van der Waals surface area contributed by atoms with Gasteiger partial charge in [-0.15, -0.1) is 0 Å². The number of halogens is 2. The zero-order valence-corrected chi connectivity index (χ0v) is 16.1. The molecule has 0 amide bonds. The first-order valence-electron chi connectivity index (χ1n) is 7.96. The summed E-state index contributed by atoms with van der Waals surface area (Å²) in [7, 11) is -3.52. The van der Waals surface area contributed by atoms with Crippen LogP contribution in [0.5, 0.6) is 5.75 Å². The van der Waals surface area contributed by atoms with Crippen molar-refractivity contribution in [3.8, 4) is 5.75 Å². The Hall–Kier alpha value is -1.79.